The predicted octanol–water partition coefficient (Wildman–Crippen LogP) is 4.00. The van der Waals surface area contributed by atoms with Crippen LogP contribution in [-0.4, -0.2) is 0 Å². The molecule has 1 aliphatic carbocycles. The van der Waals surface area contributed by atoms with Crippen molar-refractivity contribution in [3.63, 3.8) is 0 Å². The fraction of sp³-hybridized carbons (Fsp3) is 0.278. The molecule has 0 heterocycles. The van der Waals surface area contributed by atoms with E-state index in [0.29, 0.717) is 5.92 Å². The standard InChI is InChI=1S/C18H17N/c19-14-18(12-16-9-5-2-6-10-16)13-17(18)11-15-7-3-1-4-8-15/h1-10,17H,11-13H2/t17-,18+/m1/s1. The first kappa shape index (κ1) is 12.0. The molecule has 0 N–H and O–H groups in total. The molecule has 94 valence electrons. The maximum absolute atomic E-state index is 9.52. The fourth-order valence-electron chi connectivity index (χ4n) is 2.90. The normalized spacial score (nSPS) is 24.7. The largest absolute Gasteiger partial charge is 0.198 e. The van der Waals surface area contributed by atoms with Crippen LogP contribution in [0.3, 0.4) is 0 Å². The Kier molecular flexibility index (Phi) is 3.09. The lowest BCUT2D eigenvalue weighted by molar-refractivity contribution is 0.574. The van der Waals surface area contributed by atoms with Crippen LogP contribution in [0.15, 0.2) is 60.7 Å². The number of nitriles is 1. The molecule has 0 spiro atoms. The van der Waals surface area contributed by atoms with Crippen LogP contribution in [0.2, 0.25) is 0 Å². The molecule has 0 bridgehead atoms. The van der Waals surface area contributed by atoms with Crippen molar-refractivity contribution in [1.29, 1.82) is 5.26 Å². The first-order valence-corrected chi connectivity index (χ1v) is 6.81. The Morgan fingerprint density at radius 1 is 0.947 bits per heavy atom. The zero-order valence-electron chi connectivity index (χ0n) is 10.9. The van der Waals surface area contributed by atoms with Gasteiger partial charge in [-0.25, -0.2) is 0 Å². The van der Waals surface area contributed by atoms with Crippen LogP contribution in [0.4, 0.5) is 0 Å². The van der Waals surface area contributed by atoms with Gasteiger partial charge in [-0.2, -0.15) is 5.26 Å². The van der Waals surface area contributed by atoms with E-state index in [1.54, 1.807) is 0 Å². The molecule has 1 nitrogen and oxygen atoms in total. The van der Waals surface area contributed by atoms with Crippen molar-refractivity contribution in [2.75, 3.05) is 0 Å². The molecular weight excluding hydrogens is 230 g/mol. The molecular formula is C18H17N. The van der Waals surface area contributed by atoms with Crippen molar-refractivity contribution in [2.45, 2.75) is 19.3 Å². The topological polar surface area (TPSA) is 23.8 Å². The molecule has 1 saturated carbocycles. The summed E-state index contributed by atoms with van der Waals surface area (Å²) in [6.45, 7) is 0. The molecule has 2 aromatic rings. The quantitative estimate of drug-likeness (QED) is 0.801. The van der Waals surface area contributed by atoms with Gasteiger partial charge in [-0.1, -0.05) is 60.7 Å². The predicted molar refractivity (Wildman–Crippen MR) is 76.4 cm³/mol. The first-order chi connectivity index (χ1) is 9.32. The molecule has 0 amide bonds. The molecule has 0 unspecified atom stereocenters. The van der Waals surface area contributed by atoms with E-state index >= 15 is 0 Å². The first-order valence-electron chi connectivity index (χ1n) is 6.81. The summed E-state index contributed by atoms with van der Waals surface area (Å²) in [4.78, 5) is 0. The van der Waals surface area contributed by atoms with Gasteiger partial charge in [-0.15, -0.1) is 0 Å². The third kappa shape index (κ3) is 2.53. The van der Waals surface area contributed by atoms with E-state index in [2.05, 4.69) is 54.6 Å². The third-order valence-electron chi connectivity index (χ3n) is 4.14. The van der Waals surface area contributed by atoms with Crippen molar-refractivity contribution in [3.05, 3.63) is 71.8 Å². The molecule has 2 aromatic carbocycles. The monoisotopic (exact) mass is 247 g/mol. The minimum Gasteiger partial charge on any atom is -0.198 e. The molecule has 0 aliphatic heterocycles. The fourth-order valence-corrected chi connectivity index (χ4v) is 2.90. The van der Waals surface area contributed by atoms with Gasteiger partial charge >= 0.3 is 0 Å². The van der Waals surface area contributed by atoms with E-state index in [0.717, 1.165) is 19.3 Å². The van der Waals surface area contributed by atoms with E-state index in [4.69, 9.17) is 0 Å². The SMILES string of the molecule is N#C[C@]1(Cc2ccccc2)C[C@H]1Cc1ccccc1. The van der Waals surface area contributed by atoms with E-state index in [-0.39, 0.29) is 5.41 Å². The van der Waals surface area contributed by atoms with Gasteiger partial charge in [0.1, 0.15) is 0 Å². The van der Waals surface area contributed by atoms with Crippen molar-refractivity contribution in [2.24, 2.45) is 11.3 Å². The molecule has 3 rings (SSSR count). The molecule has 19 heavy (non-hydrogen) atoms. The lowest BCUT2D eigenvalue weighted by Gasteiger charge is -2.09. The second-order valence-electron chi connectivity index (χ2n) is 5.52. The third-order valence-corrected chi connectivity index (χ3v) is 4.14. The van der Waals surface area contributed by atoms with E-state index in [1.165, 1.54) is 11.1 Å². The summed E-state index contributed by atoms with van der Waals surface area (Å²) in [6.07, 6.45) is 2.95. The number of hydrogen-bond donors (Lipinski definition) is 0. The van der Waals surface area contributed by atoms with Gasteiger partial charge in [0.25, 0.3) is 0 Å². The van der Waals surface area contributed by atoms with Crippen LogP contribution in [-0.2, 0) is 12.8 Å². The maximum atomic E-state index is 9.52. The lowest BCUT2D eigenvalue weighted by atomic mass is 9.93. The average Bonchev–Trinajstić information content (AvgIpc) is 3.14. The molecule has 0 aromatic heterocycles. The van der Waals surface area contributed by atoms with Crippen molar-refractivity contribution in [1.82, 2.24) is 0 Å². The van der Waals surface area contributed by atoms with Gasteiger partial charge in [0, 0.05) is 0 Å². The smallest absolute Gasteiger partial charge is 0.0696 e. The second kappa shape index (κ2) is 4.90. The number of hydrogen-bond acceptors (Lipinski definition) is 1. The molecule has 2 atom stereocenters. The van der Waals surface area contributed by atoms with Crippen LogP contribution in [0.1, 0.15) is 17.5 Å². The van der Waals surface area contributed by atoms with Crippen LogP contribution in [0, 0.1) is 22.7 Å². The van der Waals surface area contributed by atoms with Crippen molar-refractivity contribution >= 4 is 0 Å². The summed E-state index contributed by atoms with van der Waals surface area (Å²) >= 11 is 0. The van der Waals surface area contributed by atoms with Gasteiger partial charge in [0.2, 0.25) is 0 Å². The lowest BCUT2D eigenvalue weighted by Crippen LogP contribution is -2.07. The Balaban J connectivity index is 1.69. The Hall–Kier alpha value is -2.07. The Morgan fingerprint density at radius 2 is 1.53 bits per heavy atom. The van der Waals surface area contributed by atoms with E-state index in [9.17, 15) is 5.26 Å². The Bertz CT molecular complexity index is 582. The highest BCUT2D eigenvalue weighted by atomic mass is 14.6. The highest BCUT2D eigenvalue weighted by Crippen LogP contribution is 2.55. The minimum absolute atomic E-state index is 0.128. The highest BCUT2D eigenvalue weighted by molar-refractivity contribution is 5.28. The second-order valence-corrected chi connectivity index (χ2v) is 5.52. The highest BCUT2D eigenvalue weighted by Gasteiger charge is 2.54. The van der Waals surface area contributed by atoms with E-state index in [1.807, 2.05) is 12.1 Å². The molecule has 1 fully saturated rings. The summed E-state index contributed by atoms with van der Waals surface area (Å²) in [7, 11) is 0. The minimum atomic E-state index is -0.128. The maximum Gasteiger partial charge on any atom is 0.0696 e. The summed E-state index contributed by atoms with van der Waals surface area (Å²) < 4.78 is 0. The van der Waals surface area contributed by atoms with E-state index < -0.39 is 0 Å². The summed E-state index contributed by atoms with van der Waals surface area (Å²) in [5.41, 5.74) is 2.49. The van der Waals surface area contributed by atoms with Crippen LogP contribution in [0.5, 0.6) is 0 Å². The van der Waals surface area contributed by atoms with Crippen LogP contribution in [0.25, 0.3) is 0 Å². The number of nitrogens with zero attached hydrogens (tertiary/aromatic N) is 1. The van der Waals surface area contributed by atoms with Crippen molar-refractivity contribution in [3.8, 4) is 6.07 Å². The molecule has 0 radical (unpaired) electrons. The zero-order valence-corrected chi connectivity index (χ0v) is 10.9. The van der Waals surface area contributed by atoms with Gasteiger partial charge < -0.3 is 0 Å². The molecule has 1 aliphatic rings. The number of benzene rings is 2. The summed E-state index contributed by atoms with van der Waals surface area (Å²) in [6, 6.07) is 23.4. The van der Waals surface area contributed by atoms with Gasteiger partial charge in [-0.3, -0.25) is 0 Å². The van der Waals surface area contributed by atoms with Gasteiger partial charge in [-0.05, 0) is 36.3 Å². The van der Waals surface area contributed by atoms with Crippen molar-refractivity contribution < 1.29 is 0 Å². The summed E-state index contributed by atoms with van der Waals surface area (Å²) in [5.74, 6) is 0.514. The number of rotatable bonds is 4. The molecule has 0 saturated heterocycles. The van der Waals surface area contributed by atoms with Crippen LogP contribution >= 0.6 is 0 Å². The zero-order chi connectivity index (χ0) is 13.1. The average molecular weight is 247 g/mol. The molecule has 1 heteroatoms. The van der Waals surface area contributed by atoms with Gasteiger partial charge in [0.15, 0.2) is 0 Å². The summed E-state index contributed by atoms with van der Waals surface area (Å²) in [5, 5.41) is 9.52. The van der Waals surface area contributed by atoms with Gasteiger partial charge in [0.05, 0.1) is 11.5 Å². The van der Waals surface area contributed by atoms with Crippen LogP contribution < -0.4 is 0 Å². The Morgan fingerprint density at radius 3 is 2.11 bits per heavy atom. The Labute approximate surface area is 114 Å².